The van der Waals surface area contributed by atoms with Gasteiger partial charge in [0.15, 0.2) is 0 Å². The van der Waals surface area contributed by atoms with Crippen molar-refractivity contribution in [3.8, 4) is 0 Å². The first-order valence-electron chi connectivity index (χ1n) is 4.43. The van der Waals surface area contributed by atoms with Crippen molar-refractivity contribution in [1.29, 1.82) is 0 Å². The van der Waals surface area contributed by atoms with Gasteiger partial charge in [0.05, 0.1) is 0 Å². The van der Waals surface area contributed by atoms with Gasteiger partial charge in [0, 0.05) is 38.3 Å². The summed E-state index contributed by atoms with van der Waals surface area (Å²) >= 11 is 0. The molecule has 0 spiro atoms. The quantitative estimate of drug-likeness (QED) is 0.640. The highest BCUT2D eigenvalue weighted by Crippen LogP contribution is 2.25. The predicted octanol–water partition coefficient (Wildman–Crippen LogP) is 1.03. The first-order chi connectivity index (χ1) is 6.27. The normalized spacial score (nSPS) is 16.8. The molecular weight excluding hydrogens is 164 g/mol. The zero-order chi connectivity index (χ0) is 9.26. The van der Waals surface area contributed by atoms with Crippen LogP contribution in [0, 0.1) is 0 Å². The van der Waals surface area contributed by atoms with Gasteiger partial charge in [0.2, 0.25) is 5.91 Å². The molecule has 0 radical (unpaired) electrons. The van der Waals surface area contributed by atoms with E-state index in [0.717, 1.165) is 13.1 Å². The molecule has 2 rings (SSSR count). The monoisotopic (exact) mass is 176 g/mol. The highest BCUT2D eigenvalue weighted by molar-refractivity contribution is 5.74. The van der Waals surface area contributed by atoms with Gasteiger partial charge < -0.3 is 4.90 Å². The summed E-state index contributed by atoms with van der Waals surface area (Å²) in [5.74, 6) is 0.692. The second-order valence-electron chi connectivity index (χ2n) is 3.40. The van der Waals surface area contributed by atoms with Crippen LogP contribution in [0.1, 0.15) is 18.4 Å². The maximum atomic E-state index is 10.9. The topological polar surface area (TPSA) is 33.2 Å². The standard InChI is InChI=1S/C10H12N2O/c1-8(13)12-6-10(7-12)9-2-4-11-5-3-9/h2-5,10H,6-7H2,1H3. The van der Waals surface area contributed by atoms with E-state index in [2.05, 4.69) is 4.98 Å². The van der Waals surface area contributed by atoms with Gasteiger partial charge in [0.1, 0.15) is 0 Å². The van der Waals surface area contributed by atoms with Crippen LogP contribution in [0.25, 0.3) is 0 Å². The van der Waals surface area contributed by atoms with Gasteiger partial charge in [-0.15, -0.1) is 0 Å². The van der Waals surface area contributed by atoms with E-state index in [0.29, 0.717) is 5.92 Å². The number of carbonyl (C=O) groups excluding carboxylic acids is 1. The van der Waals surface area contributed by atoms with Crippen molar-refractivity contribution in [3.05, 3.63) is 30.1 Å². The Morgan fingerprint density at radius 1 is 1.46 bits per heavy atom. The molecule has 1 fully saturated rings. The highest BCUT2D eigenvalue weighted by Gasteiger charge is 2.29. The molecule has 0 saturated carbocycles. The van der Waals surface area contributed by atoms with E-state index < -0.39 is 0 Å². The summed E-state index contributed by atoms with van der Waals surface area (Å²) in [5, 5.41) is 0. The fourth-order valence-electron chi connectivity index (χ4n) is 1.58. The number of hydrogen-bond donors (Lipinski definition) is 0. The van der Waals surface area contributed by atoms with Gasteiger partial charge in [0.25, 0.3) is 0 Å². The van der Waals surface area contributed by atoms with Crippen molar-refractivity contribution in [2.45, 2.75) is 12.8 Å². The maximum absolute atomic E-state index is 10.9. The summed E-state index contributed by atoms with van der Waals surface area (Å²) in [6, 6.07) is 4.03. The Kier molecular flexibility index (Phi) is 2.00. The number of likely N-dealkylation sites (tertiary alicyclic amines) is 1. The third kappa shape index (κ3) is 1.54. The van der Waals surface area contributed by atoms with Crippen LogP contribution in [0.3, 0.4) is 0 Å². The fraction of sp³-hybridized carbons (Fsp3) is 0.400. The molecule has 0 N–H and O–H groups in total. The van der Waals surface area contributed by atoms with Gasteiger partial charge in [-0.2, -0.15) is 0 Å². The molecule has 1 aromatic rings. The average Bonchev–Trinajstić information content (AvgIpc) is 2.02. The summed E-state index contributed by atoms with van der Waals surface area (Å²) in [4.78, 5) is 16.7. The van der Waals surface area contributed by atoms with E-state index in [1.54, 1.807) is 19.3 Å². The molecule has 68 valence electrons. The van der Waals surface area contributed by atoms with Gasteiger partial charge >= 0.3 is 0 Å². The molecule has 3 heteroatoms. The average molecular weight is 176 g/mol. The van der Waals surface area contributed by atoms with E-state index in [1.807, 2.05) is 17.0 Å². The van der Waals surface area contributed by atoms with Crippen LogP contribution in [-0.2, 0) is 4.79 Å². The number of carbonyl (C=O) groups is 1. The SMILES string of the molecule is CC(=O)N1CC(c2ccncc2)C1. The van der Waals surface area contributed by atoms with Crippen molar-refractivity contribution in [1.82, 2.24) is 9.88 Å². The molecule has 0 aromatic carbocycles. The van der Waals surface area contributed by atoms with E-state index in [1.165, 1.54) is 5.56 Å². The second-order valence-corrected chi connectivity index (χ2v) is 3.40. The van der Waals surface area contributed by atoms with E-state index >= 15 is 0 Å². The molecule has 0 atom stereocenters. The Hall–Kier alpha value is -1.38. The van der Waals surface area contributed by atoms with Crippen molar-refractivity contribution < 1.29 is 4.79 Å². The molecule has 3 nitrogen and oxygen atoms in total. The lowest BCUT2D eigenvalue weighted by Crippen LogP contribution is -2.47. The number of nitrogens with zero attached hydrogens (tertiary/aromatic N) is 2. The number of hydrogen-bond acceptors (Lipinski definition) is 2. The lowest BCUT2D eigenvalue weighted by Gasteiger charge is -2.38. The Bertz CT molecular complexity index is 304. The molecule has 0 aliphatic carbocycles. The van der Waals surface area contributed by atoms with Crippen molar-refractivity contribution >= 4 is 5.91 Å². The van der Waals surface area contributed by atoms with Crippen LogP contribution in [0.15, 0.2) is 24.5 Å². The minimum absolute atomic E-state index is 0.172. The third-order valence-electron chi connectivity index (χ3n) is 2.50. The van der Waals surface area contributed by atoms with Crippen LogP contribution in [0.5, 0.6) is 0 Å². The molecular formula is C10H12N2O. The van der Waals surface area contributed by atoms with Crippen LogP contribution in [-0.4, -0.2) is 28.9 Å². The fourth-order valence-corrected chi connectivity index (χ4v) is 1.58. The Labute approximate surface area is 77.4 Å². The molecule has 1 saturated heterocycles. The number of rotatable bonds is 1. The summed E-state index contributed by atoms with van der Waals surface area (Å²) in [6.07, 6.45) is 3.59. The molecule has 2 heterocycles. The van der Waals surface area contributed by atoms with Gasteiger partial charge in [-0.1, -0.05) is 0 Å². The van der Waals surface area contributed by atoms with Crippen LogP contribution in [0.4, 0.5) is 0 Å². The highest BCUT2D eigenvalue weighted by atomic mass is 16.2. The lowest BCUT2D eigenvalue weighted by atomic mass is 9.92. The molecule has 1 aliphatic rings. The van der Waals surface area contributed by atoms with E-state index in [9.17, 15) is 4.79 Å². The Morgan fingerprint density at radius 3 is 2.62 bits per heavy atom. The number of aromatic nitrogens is 1. The number of amides is 1. The summed E-state index contributed by atoms with van der Waals surface area (Å²) in [6.45, 7) is 3.33. The van der Waals surface area contributed by atoms with Crippen molar-refractivity contribution in [2.24, 2.45) is 0 Å². The predicted molar refractivity (Wildman–Crippen MR) is 49.2 cm³/mol. The van der Waals surface area contributed by atoms with Crippen LogP contribution < -0.4 is 0 Å². The largest absolute Gasteiger partial charge is 0.342 e. The minimum atomic E-state index is 0.172. The molecule has 1 amide bonds. The van der Waals surface area contributed by atoms with Crippen LogP contribution in [0.2, 0.25) is 0 Å². The summed E-state index contributed by atoms with van der Waals surface area (Å²) in [5.41, 5.74) is 1.28. The minimum Gasteiger partial charge on any atom is -0.342 e. The smallest absolute Gasteiger partial charge is 0.219 e. The van der Waals surface area contributed by atoms with E-state index in [4.69, 9.17) is 0 Å². The van der Waals surface area contributed by atoms with Crippen molar-refractivity contribution in [2.75, 3.05) is 13.1 Å². The molecule has 13 heavy (non-hydrogen) atoms. The van der Waals surface area contributed by atoms with Crippen molar-refractivity contribution in [3.63, 3.8) is 0 Å². The molecule has 1 aromatic heterocycles. The third-order valence-corrected chi connectivity index (χ3v) is 2.50. The zero-order valence-electron chi connectivity index (χ0n) is 7.60. The zero-order valence-corrected chi connectivity index (χ0v) is 7.60. The van der Waals surface area contributed by atoms with Gasteiger partial charge in [-0.25, -0.2) is 0 Å². The Balaban J connectivity index is 1.98. The first kappa shape index (κ1) is 8.23. The molecule has 0 bridgehead atoms. The molecule has 0 unspecified atom stereocenters. The Morgan fingerprint density at radius 2 is 2.08 bits per heavy atom. The summed E-state index contributed by atoms with van der Waals surface area (Å²) < 4.78 is 0. The number of pyridine rings is 1. The lowest BCUT2D eigenvalue weighted by molar-refractivity contribution is -0.133. The van der Waals surface area contributed by atoms with Crippen LogP contribution >= 0.6 is 0 Å². The molecule has 1 aliphatic heterocycles. The van der Waals surface area contributed by atoms with Gasteiger partial charge in [-0.3, -0.25) is 9.78 Å². The summed E-state index contributed by atoms with van der Waals surface area (Å²) in [7, 11) is 0. The van der Waals surface area contributed by atoms with Gasteiger partial charge in [-0.05, 0) is 17.7 Å². The second kappa shape index (κ2) is 3.17. The first-order valence-corrected chi connectivity index (χ1v) is 4.43. The maximum Gasteiger partial charge on any atom is 0.219 e. The van der Waals surface area contributed by atoms with E-state index in [-0.39, 0.29) is 5.91 Å².